The van der Waals surface area contributed by atoms with Crippen LogP contribution in [0.25, 0.3) is 10.9 Å². The second-order valence-electron chi connectivity index (χ2n) is 6.55. The highest BCUT2D eigenvalue weighted by Crippen LogP contribution is 2.33. The third-order valence-electron chi connectivity index (χ3n) is 4.13. The van der Waals surface area contributed by atoms with E-state index < -0.39 is 9.71 Å². The molecule has 1 aliphatic rings. The number of aromatic nitrogens is 2. The van der Waals surface area contributed by atoms with E-state index in [1.807, 2.05) is 16.4 Å². The van der Waals surface area contributed by atoms with Gasteiger partial charge in [0.2, 0.25) is 0 Å². The molecule has 0 saturated carbocycles. The van der Waals surface area contributed by atoms with Crippen molar-refractivity contribution in [1.29, 1.82) is 0 Å². The zero-order valence-electron chi connectivity index (χ0n) is 13.1. The number of nitrogens with one attached hydrogen (secondary N) is 1. The number of halogens is 1. The molecule has 0 amide bonds. The minimum atomic E-state index is -2.22. The van der Waals surface area contributed by atoms with Gasteiger partial charge in [-0.25, -0.2) is 4.31 Å². The average Bonchev–Trinajstić information content (AvgIpc) is 2.82. The van der Waals surface area contributed by atoms with Crippen LogP contribution in [0.3, 0.4) is 0 Å². The number of anilines is 1. The van der Waals surface area contributed by atoms with Crippen molar-refractivity contribution in [2.45, 2.75) is 19.4 Å². The monoisotopic (exact) mass is 340 g/mol. The molecule has 2 aromatic rings. The Bertz CT molecular complexity index is 812. The van der Waals surface area contributed by atoms with E-state index in [1.54, 1.807) is 12.5 Å². The van der Waals surface area contributed by atoms with Crippen LogP contribution < -0.4 is 4.90 Å². The highest BCUT2D eigenvalue weighted by atomic mass is 35.5. The molecule has 0 bridgehead atoms. The summed E-state index contributed by atoms with van der Waals surface area (Å²) in [4.78, 5) is 2.27. The van der Waals surface area contributed by atoms with Crippen LogP contribution in [0.1, 0.15) is 13.8 Å². The lowest BCUT2D eigenvalue weighted by Gasteiger charge is -2.48. The lowest BCUT2D eigenvalue weighted by molar-refractivity contribution is 0.215. The van der Waals surface area contributed by atoms with E-state index in [0.29, 0.717) is 11.6 Å². The molecule has 0 spiro atoms. The Morgan fingerprint density at radius 3 is 2.77 bits per heavy atom. The second kappa shape index (κ2) is 5.15. The van der Waals surface area contributed by atoms with E-state index in [1.165, 1.54) is 0 Å². The van der Waals surface area contributed by atoms with Crippen molar-refractivity contribution < 1.29 is 4.21 Å². The summed E-state index contributed by atoms with van der Waals surface area (Å²) in [6, 6.07) is 3.86. The number of hydrogen-bond acceptors (Lipinski definition) is 3. The summed E-state index contributed by atoms with van der Waals surface area (Å²) in [5.74, 6) is 3.84. The highest BCUT2D eigenvalue weighted by Gasteiger charge is 2.37. The maximum Gasteiger partial charge on any atom is 0.0884 e. The lowest BCUT2D eigenvalue weighted by atomic mass is 10.0. The number of rotatable bonds is 2. The van der Waals surface area contributed by atoms with E-state index >= 15 is 0 Å². The molecule has 2 heterocycles. The number of H-pyrrole nitrogens is 1. The molecular weight excluding hydrogens is 320 g/mol. The molecule has 1 saturated heterocycles. The molecule has 7 heteroatoms. The van der Waals surface area contributed by atoms with Crippen LogP contribution in [0, 0.1) is 0 Å². The largest absolute Gasteiger partial charge is 0.367 e. The van der Waals surface area contributed by atoms with Crippen molar-refractivity contribution in [1.82, 2.24) is 14.5 Å². The fourth-order valence-corrected chi connectivity index (χ4v) is 5.11. The molecule has 1 aliphatic heterocycles. The van der Waals surface area contributed by atoms with Crippen LogP contribution in [-0.2, 0) is 9.71 Å². The molecule has 22 heavy (non-hydrogen) atoms. The first-order valence-electron chi connectivity index (χ1n) is 7.16. The normalized spacial score (nSPS) is 21.9. The third kappa shape index (κ3) is 2.71. The summed E-state index contributed by atoms with van der Waals surface area (Å²) < 4.78 is 14.4. The smallest absolute Gasteiger partial charge is 0.0884 e. The van der Waals surface area contributed by atoms with Gasteiger partial charge in [0.05, 0.1) is 17.4 Å². The Balaban J connectivity index is 1.99. The molecule has 3 rings (SSSR count). The van der Waals surface area contributed by atoms with Crippen molar-refractivity contribution in [3.05, 3.63) is 23.4 Å². The zero-order valence-corrected chi connectivity index (χ0v) is 14.7. The third-order valence-corrected chi connectivity index (χ3v) is 5.95. The molecule has 120 valence electrons. The van der Waals surface area contributed by atoms with Crippen LogP contribution in [0.5, 0.6) is 0 Å². The Morgan fingerprint density at radius 1 is 1.41 bits per heavy atom. The molecule has 1 unspecified atom stereocenters. The van der Waals surface area contributed by atoms with Gasteiger partial charge in [0.25, 0.3) is 0 Å². The first kappa shape index (κ1) is 15.6. The van der Waals surface area contributed by atoms with Gasteiger partial charge in [0.15, 0.2) is 0 Å². The Hall–Kier alpha value is -1.24. The number of nitrogens with zero attached hydrogens (tertiary/aromatic N) is 3. The van der Waals surface area contributed by atoms with E-state index in [-0.39, 0.29) is 5.54 Å². The van der Waals surface area contributed by atoms with Gasteiger partial charge in [-0.05, 0) is 31.9 Å². The van der Waals surface area contributed by atoms with Crippen molar-refractivity contribution in [2.24, 2.45) is 0 Å². The molecular formula is C15H21ClN4OS. The van der Waals surface area contributed by atoms with Crippen molar-refractivity contribution in [3.8, 4) is 0 Å². The van der Waals surface area contributed by atoms with Gasteiger partial charge in [-0.15, -0.1) is 0 Å². The Morgan fingerprint density at radius 2 is 2.14 bits per heavy atom. The molecule has 0 aliphatic carbocycles. The Labute approximate surface area is 136 Å². The summed E-state index contributed by atoms with van der Waals surface area (Å²) in [6.07, 6.45) is 3.48. The van der Waals surface area contributed by atoms with Crippen LogP contribution in [0.2, 0.25) is 5.02 Å². The van der Waals surface area contributed by atoms with Crippen LogP contribution in [0.4, 0.5) is 5.69 Å². The quantitative estimate of drug-likeness (QED) is 0.854. The summed E-state index contributed by atoms with van der Waals surface area (Å²) >= 11 is 6.24. The fraction of sp³-hybridized carbons (Fsp3) is 0.467. The van der Waals surface area contributed by atoms with Gasteiger partial charge >= 0.3 is 0 Å². The van der Waals surface area contributed by atoms with Crippen LogP contribution >= 0.6 is 11.6 Å². The van der Waals surface area contributed by atoms with Crippen LogP contribution in [-0.4, -0.2) is 56.0 Å². The first-order valence-corrected chi connectivity index (χ1v) is 9.63. The van der Waals surface area contributed by atoms with Crippen molar-refractivity contribution in [2.75, 3.05) is 30.8 Å². The number of piperazine rings is 1. The molecule has 1 atom stereocenters. The zero-order chi connectivity index (χ0) is 16.1. The van der Waals surface area contributed by atoms with E-state index in [2.05, 4.69) is 34.8 Å². The molecule has 1 fully saturated rings. The average molecular weight is 341 g/mol. The predicted octanol–water partition coefficient (Wildman–Crippen LogP) is 2.38. The standard InChI is InChI=1S/C15H21ClN4OS/c1-15(2)10-19(5-6-20(15)22(3,4)21)13-8-12(16)7-11-9-17-18-14(11)13/h7-9H,3,5-6,10H2,1-2,4H3,(H,17,18). The first-order chi connectivity index (χ1) is 10.2. The summed E-state index contributed by atoms with van der Waals surface area (Å²) in [6.45, 7) is 6.43. The lowest BCUT2D eigenvalue weighted by Crippen LogP contribution is -2.60. The molecule has 5 nitrogen and oxygen atoms in total. The van der Waals surface area contributed by atoms with E-state index in [9.17, 15) is 4.21 Å². The van der Waals surface area contributed by atoms with Gasteiger partial charge in [-0.3, -0.25) is 9.31 Å². The van der Waals surface area contributed by atoms with E-state index in [0.717, 1.165) is 29.7 Å². The minimum absolute atomic E-state index is 0.236. The number of aromatic amines is 1. The highest BCUT2D eigenvalue weighted by molar-refractivity contribution is 7.97. The molecule has 1 aromatic carbocycles. The fourth-order valence-electron chi connectivity index (χ4n) is 3.31. The summed E-state index contributed by atoms with van der Waals surface area (Å²) in [5.41, 5.74) is 1.79. The van der Waals surface area contributed by atoms with Gasteiger partial charge in [-0.2, -0.15) is 5.10 Å². The number of fused-ring (bicyclic) bond motifs is 1. The SMILES string of the molecule is C=S(C)(=O)N1CCN(c2cc(Cl)cc3cn[nH]c23)CC1(C)C. The van der Waals surface area contributed by atoms with Gasteiger partial charge in [0.1, 0.15) is 0 Å². The predicted molar refractivity (Wildman–Crippen MR) is 95.3 cm³/mol. The van der Waals surface area contributed by atoms with E-state index in [4.69, 9.17) is 11.6 Å². The topological polar surface area (TPSA) is 52.2 Å². The Kier molecular flexibility index (Phi) is 3.66. The molecule has 1 N–H and O–H groups in total. The van der Waals surface area contributed by atoms with Crippen molar-refractivity contribution in [3.63, 3.8) is 0 Å². The maximum absolute atomic E-state index is 12.4. The van der Waals surface area contributed by atoms with Gasteiger partial charge in [-0.1, -0.05) is 11.6 Å². The molecule has 1 aromatic heterocycles. The van der Waals surface area contributed by atoms with Crippen molar-refractivity contribution >= 4 is 43.8 Å². The van der Waals surface area contributed by atoms with Crippen LogP contribution in [0.15, 0.2) is 18.3 Å². The number of hydrogen-bond donors (Lipinski definition) is 1. The maximum atomic E-state index is 12.4. The number of benzene rings is 1. The summed E-state index contributed by atoms with van der Waals surface area (Å²) in [5, 5.41) is 8.85. The molecule has 0 radical (unpaired) electrons. The van der Waals surface area contributed by atoms with Gasteiger partial charge < -0.3 is 4.90 Å². The van der Waals surface area contributed by atoms with Gasteiger partial charge in [0, 0.05) is 51.5 Å². The second-order valence-corrected chi connectivity index (χ2v) is 9.35. The summed E-state index contributed by atoms with van der Waals surface area (Å²) in [7, 11) is -2.22. The minimum Gasteiger partial charge on any atom is -0.367 e.